The first-order chi connectivity index (χ1) is 12.1. The first kappa shape index (κ1) is 16.9. The van der Waals surface area contributed by atoms with Crippen LogP contribution in [0.3, 0.4) is 0 Å². The summed E-state index contributed by atoms with van der Waals surface area (Å²) >= 11 is 3.35. The van der Waals surface area contributed by atoms with E-state index >= 15 is 0 Å². The second-order valence-corrected chi connectivity index (χ2v) is 6.15. The highest BCUT2D eigenvalue weighted by Gasteiger charge is 2.09. The minimum Gasteiger partial charge on any atom is -0.322 e. The lowest BCUT2D eigenvalue weighted by molar-refractivity contribution is 0.101. The third-order valence-corrected chi connectivity index (χ3v) is 3.94. The molecule has 0 saturated carbocycles. The van der Waals surface area contributed by atoms with Gasteiger partial charge in [0.25, 0.3) is 11.8 Å². The highest BCUT2D eigenvalue weighted by molar-refractivity contribution is 9.10. The predicted octanol–water partition coefficient (Wildman–Crippen LogP) is 4.35. The van der Waals surface area contributed by atoms with E-state index in [9.17, 15) is 9.59 Å². The Bertz CT molecular complexity index is 896. The third-order valence-electron chi connectivity index (χ3n) is 3.41. The summed E-state index contributed by atoms with van der Waals surface area (Å²) < 4.78 is 0.936. The number of nitrogens with zero attached hydrogens (tertiary/aromatic N) is 1. The number of hydrogen-bond donors (Lipinski definition) is 2. The number of nitrogens with one attached hydrogen (secondary N) is 2. The Morgan fingerprint density at radius 3 is 2.20 bits per heavy atom. The van der Waals surface area contributed by atoms with Gasteiger partial charge >= 0.3 is 0 Å². The molecule has 6 heteroatoms. The molecule has 0 aliphatic carbocycles. The number of carbonyl (C=O) groups excluding carboxylic acids is 2. The molecule has 1 aromatic heterocycles. The molecule has 3 rings (SSSR count). The Morgan fingerprint density at radius 2 is 1.48 bits per heavy atom. The van der Waals surface area contributed by atoms with E-state index in [4.69, 9.17) is 0 Å². The van der Waals surface area contributed by atoms with Crippen molar-refractivity contribution >= 4 is 39.1 Å². The van der Waals surface area contributed by atoms with Crippen LogP contribution in [0.5, 0.6) is 0 Å². The highest BCUT2D eigenvalue weighted by Crippen LogP contribution is 2.17. The van der Waals surface area contributed by atoms with Crippen molar-refractivity contribution in [3.8, 4) is 0 Å². The zero-order chi connectivity index (χ0) is 17.6. The van der Waals surface area contributed by atoms with Crippen LogP contribution in [0.4, 0.5) is 11.4 Å². The van der Waals surface area contributed by atoms with Crippen LogP contribution in [0, 0.1) is 0 Å². The van der Waals surface area contributed by atoms with Gasteiger partial charge in [-0.2, -0.15) is 0 Å². The minimum atomic E-state index is -0.279. The van der Waals surface area contributed by atoms with Crippen molar-refractivity contribution < 1.29 is 9.59 Å². The summed E-state index contributed by atoms with van der Waals surface area (Å²) in [5.74, 6) is -0.529. The van der Waals surface area contributed by atoms with Crippen LogP contribution >= 0.6 is 15.9 Å². The molecule has 0 atom stereocenters. The summed E-state index contributed by atoms with van der Waals surface area (Å²) in [5.41, 5.74) is 2.13. The van der Waals surface area contributed by atoms with Crippen LogP contribution in [0.1, 0.15) is 20.7 Å². The standard InChI is InChI=1S/C19H14BrN3O2/c20-15-6-8-16(9-7-15)22-18(24)13-3-1-5-17(11-13)23-19(25)14-4-2-10-21-12-14/h1-12H,(H,22,24)(H,23,25). The zero-order valence-electron chi connectivity index (χ0n) is 13.1. The van der Waals surface area contributed by atoms with Gasteiger partial charge < -0.3 is 10.6 Å². The van der Waals surface area contributed by atoms with Crippen molar-refractivity contribution in [1.29, 1.82) is 0 Å². The van der Waals surface area contributed by atoms with Crippen LogP contribution in [-0.2, 0) is 0 Å². The fraction of sp³-hybridized carbons (Fsp3) is 0. The summed E-state index contributed by atoms with van der Waals surface area (Å²) in [6.45, 7) is 0. The molecule has 0 saturated heterocycles. The highest BCUT2D eigenvalue weighted by atomic mass is 79.9. The van der Waals surface area contributed by atoms with Gasteiger partial charge in [-0.05, 0) is 54.6 Å². The van der Waals surface area contributed by atoms with Crippen LogP contribution in [-0.4, -0.2) is 16.8 Å². The van der Waals surface area contributed by atoms with Crippen LogP contribution in [0.15, 0.2) is 77.5 Å². The second-order valence-electron chi connectivity index (χ2n) is 5.24. The fourth-order valence-corrected chi connectivity index (χ4v) is 2.44. The number of halogens is 1. The molecule has 0 aliphatic heterocycles. The molecule has 124 valence electrons. The van der Waals surface area contributed by atoms with Gasteiger partial charge in [-0.25, -0.2) is 0 Å². The number of hydrogen-bond acceptors (Lipinski definition) is 3. The lowest BCUT2D eigenvalue weighted by Gasteiger charge is -2.08. The Morgan fingerprint density at radius 1 is 0.800 bits per heavy atom. The first-order valence-electron chi connectivity index (χ1n) is 7.50. The minimum absolute atomic E-state index is 0.250. The number of rotatable bonds is 4. The molecule has 0 spiro atoms. The van der Waals surface area contributed by atoms with Gasteiger partial charge in [0.1, 0.15) is 0 Å². The maximum absolute atomic E-state index is 12.4. The molecular weight excluding hydrogens is 382 g/mol. The number of pyridine rings is 1. The van der Waals surface area contributed by atoms with Crippen LogP contribution in [0.2, 0.25) is 0 Å². The summed E-state index contributed by atoms with van der Waals surface area (Å²) in [7, 11) is 0. The third kappa shape index (κ3) is 4.51. The Balaban J connectivity index is 1.71. The number of amides is 2. The fourth-order valence-electron chi connectivity index (χ4n) is 2.18. The van der Waals surface area contributed by atoms with E-state index in [0.29, 0.717) is 22.5 Å². The molecule has 3 aromatic rings. The lowest BCUT2D eigenvalue weighted by Crippen LogP contribution is -2.14. The summed E-state index contributed by atoms with van der Waals surface area (Å²) in [5, 5.41) is 5.57. The molecule has 0 radical (unpaired) electrons. The number of aromatic nitrogens is 1. The van der Waals surface area contributed by atoms with Crippen LogP contribution < -0.4 is 10.6 Å². The van der Waals surface area contributed by atoms with Gasteiger partial charge in [-0.3, -0.25) is 14.6 Å². The van der Waals surface area contributed by atoms with Gasteiger partial charge in [-0.15, -0.1) is 0 Å². The molecule has 0 bridgehead atoms. The van der Waals surface area contributed by atoms with E-state index in [-0.39, 0.29) is 11.8 Å². The van der Waals surface area contributed by atoms with Crippen molar-refractivity contribution in [2.75, 3.05) is 10.6 Å². The molecule has 0 fully saturated rings. The van der Waals surface area contributed by atoms with Crippen LogP contribution in [0.25, 0.3) is 0 Å². The molecule has 1 heterocycles. The Labute approximate surface area is 153 Å². The van der Waals surface area contributed by atoms with Crippen molar-refractivity contribution in [2.24, 2.45) is 0 Å². The summed E-state index contributed by atoms with van der Waals surface area (Å²) in [6, 6.07) is 17.4. The molecule has 5 nitrogen and oxygen atoms in total. The monoisotopic (exact) mass is 395 g/mol. The van der Waals surface area contributed by atoms with Crippen molar-refractivity contribution in [3.05, 3.63) is 88.7 Å². The van der Waals surface area contributed by atoms with E-state index < -0.39 is 0 Å². The van der Waals surface area contributed by atoms with Gasteiger partial charge in [0.05, 0.1) is 5.56 Å². The largest absolute Gasteiger partial charge is 0.322 e. The molecule has 0 unspecified atom stereocenters. The second kappa shape index (κ2) is 7.72. The van der Waals surface area contributed by atoms with Gasteiger partial charge in [0.2, 0.25) is 0 Å². The van der Waals surface area contributed by atoms with Gasteiger partial charge in [0, 0.05) is 33.8 Å². The maximum Gasteiger partial charge on any atom is 0.257 e. The van der Waals surface area contributed by atoms with E-state index in [1.165, 1.54) is 6.20 Å². The number of benzene rings is 2. The quantitative estimate of drug-likeness (QED) is 0.689. The van der Waals surface area contributed by atoms with Gasteiger partial charge in [0.15, 0.2) is 0 Å². The van der Waals surface area contributed by atoms with Crippen molar-refractivity contribution in [2.45, 2.75) is 0 Å². The van der Waals surface area contributed by atoms with Crippen molar-refractivity contribution in [3.63, 3.8) is 0 Å². The predicted molar refractivity (Wildman–Crippen MR) is 101 cm³/mol. The molecule has 25 heavy (non-hydrogen) atoms. The number of anilines is 2. The molecular formula is C19H14BrN3O2. The van der Waals surface area contributed by atoms with Crippen molar-refractivity contribution in [1.82, 2.24) is 4.98 Å². The Kier molecular flexibility index (Phi) is 5.20. The van der Waals surface area contributed by atoms with Gasteiger partial charge in [-0.1, -0.05) is 22.0 Å². The molecule has 2 N–H and O–H groups in total. The first-order valence-corrected chi connectivity index (χ1v) is 8.29. The molecule has 2 aromatic carbocycles. The maximum atomic E-state index is 12.4. The molecule has 0 aliphatic rings. The summed E-state index contributed by atoms with van der Waals surface area (Å²) in [4.78, 5) is 28.4. The summed E-state index contributed by atoms with van der Waals surface area (Å²) in [6.07, 6.45) is 3.09. The average Bonchev–Trinajstić information content (AvgIpc) is 2.64. The zero-order valence-corrected chi connectivity index (χ0v) is 14.7. The molecule has 2 amide bonds. The smallest absolute Gasteiger partial charge is 0.257 e. The normalized spacial score (nSPS) is 10.1. The van der Waals surface area contributed by atoms with E-state index in [1.807, 2.05) is 12.1 Å². The van der Waals surface area contributed by atoms with E-state index in [1.54, 1.807) is 54.7 Å². The topological polar surface area (TPSA) is 71.1 Å². The van der Waals surface area contributed by atoms with E-state index in [0.717, 1.165) is 4.47 Å². The Hall–Kier alpha value is -2.99. The van der Waals surface area contributed by atoms with E-state index in [2.05, 4.69) is 31.5 Å². The lowest BCUT2D eigenvalue weighted by atomic mass is 10.1. The average molecular weight is 396 g/mol. The SMILES string of the molecule is O=C(Nc1cccc(C(=O)Nc2ccc(Br)cc2)c1)c1cccnc1. The number of carbonyl (C=O) groups is 2.